The van der Waals surface area contributed by atoms with E-state index in [0.29, 0.717) is 0 Å². The number of hydrogen-bond acceptors (Lipinski definition) is 0. The summed E-state index contributed by atoms with van der Waals surface area (Å²) in [5.74, 6) is 0. The number of hydrogen-bond donors (Lipinski definition) is 0. The molecule has 0 spiro atoms. The average molecular weight is 465 g/mol. The monoisotopic (exact) mass is 463 g/mol. The minimum Gasteiger partial charge on any atom is -2.00 e. The predicted molar refractivity (Wildman–Crippen MR) is 22.1 cm³/mol. The minimum atomic E-state index is 0. The smallest absolute Gasteiger partial charge is 2.00 e. The Morgan fingerprint density at radius 3 is 0.667 bits per heavy atom. The van der Waals surface area contributed by atoms with Crippen LogP contribution in [-0.4, -0.2) is 0 Å². The van der Waals surface area contributed by atoms with Gasteiger partial charge in [0.05, 0.1) is 0 Å². The fourth-order valence-corrected chi connectivity index (χ4v) is 0. The van der Waals surface area contributed by atoms with Crippen molar-refractivity contribution in [2.24, 2.45) is 0 Å². The molecule has 0 heterocycles. The zero-order valence-electron chi connectivity index (χ0n) is 2.13. The van der Waals surface area contributed by atoms with Crippen molar-refractivity contribution in [3.63, 3.8) is 0 Å². The molecular formula is AgAuCuS3. The molecule has 0 aromatic carbocycles. The Kier molecular flexibility index (Phi) is 452. The van der Waals surface area contributed by atoms with Gasteiger partial charge >= 0.3 is 61.8 Å². The molecule has 0 fully saturated rings. The maximum absolute atomic E-state index is 0. The van der Waals surface area contributed by atoms with E-state index in [0.717, 1.165) is 0 Å². The zero-order chi connectivity index (χ0) is 0. The van der Waals surface area contributed by atoms with E-state index in [1.807, 2.05) is 0 Å². The first-order chi connectivity index (χ1) is 0. The molecule has 0 nitrogen and oxygen atoms in total. The summed E-state index contributed by atoms with van der Waals surface area (Å²) in [6.45, 7) is 0. The molecule has 0 saturated heterocycles. The summed E-state index contributed by atoms with van der Waals surface area (Å²) in [5.41, 5.74) is 0. The summed E-state index contributed by atoms with van der Waals surface area (Å²) < 4.78 is 0. The molecule has 1 radical (unpaired) electrons. The zero-order valence-corrected chi connectivity index (χ0v) is 9.17. The maximum atomic E-state index is 0. The Labute approximate surface area is 101 Å². The average Bonchev–Trinajstić information content (AvgIpc) is 0. The molecule has 6 heteroatoms. The van der Waals surface area contributed by atoms with Gasteiger partial charge in [-0.1, -0.05) is 0 Å². The Balaban J connectivity index is 0. The van der Waals surface area contributed by atoms with E-state index in [9.17, 15) is 0 Å². The summed E-state index contributed by atoms with van der Waals surface area (Å²) in [4.78, 5) is 0. The van der Waals surface area contributed by atoms with Crippen molar-refractivity contribution >= 4 is 40.5 Å². The normalized spacial score (nSPS) is 0. The van der Waals surface area contributed by atoms with Crippen LogP contribution >= 0.6 is 0 Å². The molecule has 0 aliphatic rings. The Morgan fingerprint density at radius 2 is 0.667 bits per heavy atom. The Morgan fingerprint density at radius 1 is 0.667 bits per heavy atom. The molecule has 6 heavy (non-hydrogen) atoms. The molecule has 0 atom stereocenters. The van der Waals surface area contributed by atoms with E-state index in [2.05, 4.69) is 0 Å². The summed E-state index contributed by atoms with van der Waals surface area (Å²) in [6, 6.07) is 0. The summed E-state index contributed by atoms with van der Waals surface area (Å²) in [7, 11) is 0. The van der Waals surface area contributed by atoms with E-state index in [1.54, 1.807) is 0 Å². The van der Waals surface area contributed by atoms with Crippen LogP contribution in [0.25, 0.3) is 0 Å². The van der Waals surface area contributed by atoms with Gasteiger partial charge in [0, 0.05) is 0 Å². The van der Waals surface area contributed by atoms with Crippen LogP contribution in [0.3, 0.4) is 0 Å². The van der Waals surface area contributed by atoms with Crippen molar-refractivity contribution in [2.75, 3.05) is 0 Å². The van der Waals surface area contributed by atoms with Gasteiger partial charge in [0.2, 0.25) is 0 Å². The molecule has 0 unspecified atom stereocenters. The SMILES string of the molecule is [Ag+].[Au+3].[Cu+2].[S-2].[S-2].[S-2]. The second kappa shape index (κ2) is 43.0. The van der Waals surface area contributed by atoms with E-state index in [-0.39, 0.29) is 102 Å². The van der Waals surface area contributed by atoms with E-state index < -0.39 is 0 Å². The third kappa shape index (κ3) is 27.7. The molecule has 0 aliphatic carbocycles. The first-order valence-corrected chi connectivity index (χ1v) is 0. The van der Waals surface area contributed by atoms with Gasteiger partial charge in [-0.2, -0.15) is 0 Å². The van der Waals surface area contributed by atoms with Crippen molar-refractivity contribution in [1.82, 2.24) is 0 Å². The predicted octanol–water partition coefficient (Wildman–Crippen LogP) is -0.0147. The van der Waals surface area contributed by atoms with Gasteiger partial charge in [-0.05, 0) is 0 Å². The summed E-state index contributed by atoms with van der Waals surface area (Å²) >= 11 is 0. The third-order valence-electron chi connectivity index (χ3n) is 0. The third-order valence-corrected chi connectivity index (χ3v) is 0. The van der Waals surface area contributed by atoms with Crippen molar-refractivity contribution in [3.8, 4) is 0 Å². The largest absolute Gasteiger partial charge is 3.00 e. The van der Waals surface area contributed by atoms with E-state index >= 15 is 0 Å². The summed E-state index contributed by atoms with van der Waals surface area (Å²) in [5, 5.41) is 0. The molecule has 0 bridgehead atoms. The second-order valence-electron chi connectivity index (χ2n) is 0. The molecule has 0 amide bonds. The molecule has 51 valence electrons. The molecule has 0 aromatic heterocycles. The van der Waals surface area contributed by atoms with E-state index in [4.69, 9.17) is 0 Å². The van der Waals surface area contributed by atoms with Crippen LogP contribution < -0.4 is 0 Å². The minimum absolute atomic E-state index is 0. The molecule has 0 N–H and O–H groups in total. The van der Waals surface area contributed by atoms with E-state index in [1.165, 1.54) is 0 Å². The van der Waals surface area contributed by atoms with Crippen LogP contribution in [0.4, 0.5) is 0 Å². The van der Waals surface area contributed by atoms with Gasteiger partial charge in [-0.15, -0.1) is 0 Å². The van der Waals surface area contributed by atoms with Crippen LogP contribution in [-0.2, 0) is 102 Å². The molecule has 0 saturated carbocycles. The topological polar surface area (TPSA) is 0 Å². The van der Waals surface area contributed by atoms with Gasteiger partial charge in [-0.25, -0.2) is 0 Å². The van der Waals surface area contributed by atoms with Crippen LogP contribution in [0.2, 0.25) is 0 Å². The first kappa shape index (κ1) is 63.0. The molecule has 0 aromatic rings. The van der Waals surface area contributed by atoms with Crippen molar-refractivity contribution < 1.29 is 61.8 Å². The Bertz CT molecular complexity index is 10.8. The van der Waals surface area contributed by atoms with Gasteiger partial charge in [0.15, 0.2) is 0 Å². The van der Waals surface area contributed by atoms with Crippen LogP contribution in [0.1, 0.15) is 0 Å². The van der Waals surface area contributed by atoms with Crippen LogP contribution in [0, 0.1) is 0 Å². The molecular weight excluding hydrogens is 465 g/mol. The Hall–Kier alpha value is 3.05. The van der Waals surface area contributed by atoms with Gasteiger partial charge < -0.3 is 40.5 Å². The second-order valence-corrected chi connectivity index (χ2v) is 0. The van der Waals surface area contributed by atoms with Gasteiger partial charge in [0.25, 0.3) is 0 Å². The van der Waals surface area contributed by atoms with Gasteiger partial charge in [0.1, 0.15) is 0 Å². The summed E-state index contributed by atoms with van der Waals surface area (Å²) in [6.07, 6.45) is 0. The fourth-order valence-electron chi connectivity index (χ4n) is 0. The van der Waals surface area contributed by atoms with Crippen molar-refractivity contribution in [2.45, 2.75) is 0 Å². The molecule has 0 rings (SSSR count). The first-order valence-electron chi connectivity index (χ1n) is 0. The fraction of sp³-hybridized carbons (Fsp3) is 0. The van der Waals surface area contributed by atoms with Crippen molar-refractivity contribution in [3.05, 3.63) is 0 Å². The van der Waals surface area contributed by atoms with Gasteiger partial charge in [-0.3, -0.25) is 0 Å². The number of rotatable bonds is 0. The molecule has 0 aliphatic heterocycles. The maximum Gasteiger partial charge on any atom is 3.00 e. The standard InChI is InChI=1S/Ag.Au.Cu.3S/q+1;+3;+2;3*-2. The van der Waals surface area contributed by atoms with Crippen LogP contribution in [0.15, 0.2) is 0 Å². The van der Waals surface area contributed by atoms with Crippen LogP contribution in [0.5, 0.6) is 0 Å². The van der Waals surface area contributed by atoms with Crippen molar-refractivity contribution in [1.29, 1.82) is 0 Å². The quantitative estimate of drug-likeness (QED) is 0.443.